The summed E-state index contributed by atoms with van der Waals surface area (Å²) in [5.74, 6) is -0.822. The Labute approximate surface area is 137 Å². The molecular formula is C17H15FN2O2S. The van der Waals surface area contributed by atoms with Crippen molar-refractivity contribution in [3.05, 3.63) is 53.8 Å². The van der Waals surface area contributed by atoms with Gasteiger partial charge in [-0.2, -0.15) is 0 Å². The molecule has 0 aliphatic carbocycles. The maximum absolute atomic E-state index is 13.5. The summed E-state index contributed by atoms with van der Waals surface area (Å²) in [6.45, 7) is 1.85. The Morgan fingerprint density at radius 2 is 2.09 bits per heavy atom. The number of carbonyl (C=O) groups is 2. The van der Waals surface area contributed by atoms with Crippen molar-refractivity contribution in [2.24, 2.45) is 0 Å². The monoisotopic (exact) mass is 330 g/mol. The Hall–Kier alpha value is -2.34. The van der Waals surface area contributed by atoms with E-state index < -0.39 is 5.82 Å². The summed E-state index contributed by atoms with van der Waals surface area (Å²) in [6, 6.07) is 11.5. The maximum atomic E-state index is 13.5. The molecule has 2 aromatic rings. The number of hydrogen-bond donors (Lipinski definition) is 2. The molecule has 1 unspecified atom stereocenters. The minimum Gasteiger partial charge on any atom is -0.324 e. The Balaban J connectivity index is 1.71. The zero-order chi connectivity index (χ0) is 16.4. The molecule has 0 saturated carbocycles. The van der Waals surface area contributed by atoms with E-state index in [1.54, 1.807) is 18.2 Å². The van der Waals surface area contributed by atoms with Gasteiger partial charge in [0.15, 0.2) is 0 Å². The topological polar surface area (TPSA) is 58.2 Å². The van der Waals surface area contributed by atoms with E-state index in [0.29, 0.717) is 5.69 Å². The number of hydrogen-bond acceptors (Lipinski definition) is 3. The molecule has 2 aromatic carbocycles. The van der Waals surface area contributed by atoms with E-state index in [-0.39, 0.29) is 29.2 Å². The second kappa shape index (κ2) is 6.42. The molecule has 1 heterocycles. The van der Waals surface area contributed by atoms with Crippen molar-refractivity contribution in [3.8, 4) is 0 Å². The second-order valence-corrected chi connectivity index (χ2v) is 6.67. The molecule has 2 amide bonds. The van der Waals surface area contributed by atoms with Crippen LogP contribution in [0.3, 0.4) is 0 Å². The highest BCUT2D eigenvalue weighted by Crippen LogP contribution is 2.36. The number of nitrogens with one attached hydrogen (secondary N) is 2. The van der Waals surface area contributed by atoms with Gasteiger partial charge in [0.2, 0.25) is 11.8 Å². The lowest BCUT2D eigenvalue weighted by Gasteiger charge is -2.21. The van der Waals surface area contributed by atoms with E-state index in [2.05, 4.69) is 10.6 Å². The molecule has 0 radical (unpaired) electrons. The van der Waals surface area contributed by atoms with Crippen molar-refractivity contribution < 1.29 is 14.0 Å². The molecule has 118 valence electrons. The number of benzene rings is 2. The maximum Gasteiger partial charge on any atom is 0.237 e. The van der Waals surface area contributed by atoms with Crippen LogP contribution in [0.25, 0.3) is 0 Å². The van der Waals surface area contributed by atoms with Gasteiger partial charge in [-0.3, -0.25) is 9.59 Å². The average molecular weight is 330 g/mol. The summed E-state index contributed by atoms with van der Waals surface area (Å²) in [6.07, 6.45) is 0.109. The molecule has 3 rings (SSSR count). The van der Waals surface area contributed by atoms with Crippen LogP contribution in [-0.4, -0.2) is 17.1 Å². The number of para-hydroxylation sites is 1. The molecular weight excluding hydrogens is 315 g/mol. The summed E-state index contributed by atoms with van der Waals surface area (Å²) < 4.78 is 13.5. The van der Waals surface area contributed by atoms with Crippen molar-refractivity contribution in [1.29, 1.82) is 0 Å². The number of fused-ring (bicyclic) bond motifs is 1. The smallest absolute Gasteiger partial charge is 0.237 e. The fraction of sp³-hybridized carbons (Fsp3) is 0.176. The minimum absolute atomic E-state index is 0.0459. The molecule has 1 aliphatic rings. The molecule has 23 heavy (non-hydrogen) atoms. The molecule has 0 bridgehead atoms. The van der Waals surface area contributed by atoms with E-state index in [4.69, 9.17) is 0 Å². The Bertz CT molecular complexity index is 779. The lowest BCUT2D eigenvalue weighted by atomic mass is 10.1. The molecule has 2 N–H and O–H groups in total. The van der Waals surface area contributed by atoms with E-state index in [1.165, 1.54) is 23.9 Å². The highest BCUT2D eigenvalue weighted by atomic mass is 32.2. The SMILES string of the molecule is CC1Sc2ccc(CC(=O)Nc3ccccc3F)cc2NC1=O. The standard InChI is InChI=1S/C17H15FN2O2S/c1-10-17(22)20-14-8-11(6-7-15(14)23-10)9-16(21)19-13-5-3-2-4-12(13)18/h2-8,10H,9H2,1H3,(H,19,21)(H,20,22). The molecule has 0 fully saturated rings. The van der Waals surface area contributed by atoms with E-state index in [9.17, 15) is 14.0 Å². The highest BCUT2D eigenvalue weighted by Gasteiger charge is 2.23. The van der Waals surface area contributed by atoms with Gasteiger partial charge in [0.25, 0.3) is 0 Å². The third kappa shape index (κ3) is 3.53. The van der Waals surface area contributed by atoms with Gasteiger partial charge in [-0.15, -0.1) is 11.8 Å². The number of carbonyl (C=O) groups excluding carboxylic acids is 2. The van der Waals surface area contributed by atoms with Gasteiger partial charge < -0.3 is 10.6 Å². The Morgan fingerprint density at radius 1 is 1.30 bits per heavy atom. The molecule has 0 spiro atoms. The number of thioether (sulfide) groups is 1. The Morgan fingerprint density at radius 3 is 2.87 bits per heavy atom. The highest BCUT2D eigenvalue weighted by molar-refractivity contribution is 8.00. The predicted octanol–water partition coefficient (Wildman–Crippen LogP) is 3.44. The minimum atomic E-state index is -0.469. The number of halogens is 1. The quantitative estimate of drug-likeness (QED) is 0.906. The van der Waals surface area contributed by atoms with Crippen molar-refractivity contribution in [2.45, 2.75) is 23.5 Å². The fourth-order valence-electron chi connectivity index (χ4n) is 2.31. The van der Waals surface area contributed by atoms with Crippen molar-refractivity contribution in [2.75, 3.05) is 10.6 Å². The summed E-state index contributed by atoms with van der Waals surface area (Å²) >= 11 is 1.49. The normalized spacial score (nSPS) is 16.4. The number of amides is 2. The van der Waals surface area contributed by atoms with Gasteiger partial charge in [-0.25, -0.2) is 4.39 Å². The largest absolute Gasteiger partial charge is 0.324 e. The van der Waals surface area contributed by atoms with Crippen molar-refractivity contribution in [3.63, 3.8) is 0 Å². The molecule has 4 nitrogen and oxygen atoms in total. The number of rotatable bonds is 3. The van der Waals surface area contributed by atoms with Crippen LogP contribution in [0.15, 0.2) is 47.4 Å². The number of anilines is 2. The lowest BCUT2D eigenvalue weighted by Crippen LogP contribution is -2.26. The zero-order valence-electron chi connectivity index (χ0n) is 12.4. The first kappa shape index (κ1) is 15.6. The summed E-state index contributed by atoms with van der Waals surface area (Å²) in [5.41, 5.74) is 1.63. The third-order valence-electron chi connectivity index (χ3n) is 3.49. The molecule has 6 heteroatoms. The van der Waals surface area contributed by atoms with E-state index in [1.807, 2.05) is 19.1 Å². The first-order valence-corrected chi connectivity index (χ1v) is 8.06. The average Bonchev–Trinajstić information content (AvgIpc) is 2.51. The molecule has 0 aromatic heterocycles. The summed E-state index contributed by atoms with van der Waals surface area (Å²) in [4.78, 5) is 24.7. The first-order valence-electron chi connectivity index (χ1n) is 7.18. The van der Waals surface area contributed by atoms with Gasteiger partial charge in [0.05, 0.1) is 23.0 Å². The van der Waals surface area contributed by atoms with Crippen LogP contribution >= 0.6 is 11.8 Å². The van der Waals surface area contributed by atoms with Crippen LogP contribution in [0.4, 0.5) is 15.8 Å². The van der Waals surface area contributed by atoms with Gasteiger partial charge >= 0.3 is 0 Å². The first-order chi connectivity index (χ1) is 11.0. The summed E-state index contributed by atoms with van der Waals surface area (Å²) in [7, 11) is 0. The van der Waals surface area contributed by atoms with E-state index in [0.717, 1.165) is 10.5 Å². The van der Waals surface area contributed by atoms with Gasteiger partial charge in [-0.05, 0) is 36.8 Å². The predicted molar refractivity (Wildman–Crippen MR) is 89.1 cm³/mol. The lowest BCUT2D eigenvalue weighted by molar-refractivity contribution is -0.116. The molecule has 1 atom stereocenters. The molecule has 0 saturated heterocycles. The summed E-state index contributed by atoms with van der Waals surface area (Å²) in [5, 5.41) is 5.25. The van der Waals surface area contributed by atoms with Gasteiger partial charge in [0.1, 0.15) is 5.82 Å². The van der Waals surface area contributed by atoms with Gasteiger partial charge in [0, 0.05) is 4.90 Å². The fourth-order valence-corrected chi connectivity index (χ4v) is 3.24. The third-order valence-corrected chi connectivity index (χ3v) is 4.67. The van der Waals surface area contributed by atoms with Crippen LogP contribution in [0.2, 0.25) is 0 Å². The van der Waals surface area contributed by atoms with Crippen LogP contribution < -0.4 is 10.6 Å². The van der Waals surface area contributed by atoms with Crippen LogP contribution in [0, 0.1) is 5.82 Å². The van der Waals surface area contributed by atoms with Crippen LogP contribution in [-0.2, 0) is 16.0 Å². The van der Waals surface area contributed by atoms with Crippen LogP contribution in [0.5, 0.6) is 0 Å². The molecule has 1 aliphatic heterocycles. The second-order valence-electron chi connectivity index (χ2n) is 5.28. The Kier molecular flexibility index (Phi) is 4.34. The van der Waals surface area contributed by atoms with Crippen LogP contribution in [0.1, 0.15) is 12.5 Å². The van der Waals surface area contributed by atoms with Crippen molar-refractivity contribution in [1.82, 2.24) is 0 Å². The van der Waals surface area contributed by atoms with Crippen molar-refractivity contribution >= 4 is 35.0 Å². The van der Waals surface area contributed by atoms with E-state index >= 15 is 0 Å². The zero-order valence-corrected chi connectivity index (χ0v) is 13.2. The van der Waals surface area contributed by atoms with Gasteiger partial charge in [-0.1, -0.05) is 18.2 Å².